The van der Waals surface area contributed by atoms with Gasteiger partial charge in [0.2, 0.25) is 11.2 Å². The number of benzene rings is 1. The Labute approximate surface area is 137 Å². The summed E-state index contributed by atoms with van der Waals surface area (Å²) in [6.07, 6.45) is 2.34. The van der Waals surface area contributed by atoms with Crippen molar-refractivity contribution in [3.8, 4) is 0 Å². The van der Waals surface area contributed by atoms with E-state index in [1.54, 1.807) is 0 Å². The molecule has 1 aromatic heterocycles. The van der Waals surface area contributed by atoms with Gasteiger partial charge in [-0.25, -0.2) is 0 Å². The Hall–Kier alpha value is -1.04. The maximum Gasteiger partial charge on any atom is 0.230 e. The molecule has 0 unspecified atom stereocenters. The van der Waals surface area contributed by atoms with Crippen LogP contribution in [0.25, 0.3) is 0 Å². The van der Waals surface area contributed by atoms with Crippen LogP contribution < -0.4 is 4.90 Å². The summed E-state index contributed by atoms with van der Waals surface area (Å²) in [6.45, 7) is 1.96. The van der Waals surface area contributed by atoms with Crippen LogP contribution in [-0.4, -0.2) is 28.0 Å². The zero-order chi connectivity index (χ0) is 14.7. The van der Waals surface area contributed by atoms with Crippen LogP contribution in [0.5, 0.6) is 0 Å². The first kappa shape index (κ1) is 14.9. The van der Waals surface area contributed by atoms with Gasteiger partial charge in [0.05, 0.1) is 0 Å². The minimum absolute atomic E-state index is 0.244. The van der Waals surface area contributed by atoms with Crippen molar-refractivity contribution in [2.24, 2.45) is 0 Å². The molecule has 0 aliphatic carbocycles. The number of thioether (sulfide) groups is 1. The summed E-state index contributed by atoms with van der Waals surface area (Å²) in [6, 6.07) is 7.77. The van der Waals surface area contributed by atoms with E-state index in [9.17, 15) is 0 Å². The number of nitrogens with zero attached hydrogens (tertiary/aromatic N) is 4. The maximum atomic E-state index is 6.16. The molecule has 0 amide bonds. The highest BCUT2D eigenvalue weighted by atomic mass is 35.5. The number of rotatable bonds is 4. The number of aromatic nitrogens is 3. The summed E-state index contributed by atoms with van der Waals surface area (Å²) in [5, 5.41) is 1.63. The number of anilines is 1. The number of hydrogen-bond donors (Lipinski definition) is 0. The highest BCUT2D eigenvalue weighted by Gasteiger charge is 2.17. The van der Waals surface area contributed by atoms with E-state index < -0.39 is 0 Å². The molecule has 1 aromatic carbocycles. The monoisotopic (exact) mass is 340 g/mol. The molecule has 7 heteroatoms. The molecule has 2 aromatic rings. The molecule has 3 rings (SSSR count). The second-order valence-corrected chi connectivity index (χ2v) is 6.45. The third kappa shape index (κ3) is 3.78. The molecule has 4 nitrogen and oxygen atoms in total. The van der Waals surface area contributed by atoms with Crippen LogP contribution in [0.2, 0.25) is 10.3 Å². The van der Waals surface area contributed by atoms with Crippen molar-refractivity contribution in [1.82, 2.24) is 15.0 Å². The molecule has 0 saturated carbocycles. The van der Waals surface area contributed by atoms with Crippen molar-refractivity contribution in [2.45, 2.75) is 23.8 Å². The Morgan fingerprint density at radius 1 is 1.05 bits per heavy atom. The minimum Gasteiger partial charge on any atom is -0.341 e. The quantitative estimate of drug-likeness (QED) is 0.784. The third-order valence-corrected chi connectivity index (χ3v) is 4.71. The average molecular weight is 341 g/mol. The molecular formula is C14H14Cl2N4S. The van der Waals surface area contributed by atoms with Gasteiger partial charge in [-0.15, -0.1) is 0 Å². The summed E-state index contributed by atoms with van der Waals surface area (Å²) in [7, 11) is 0. The van der Waals surface area contributed by atoms with Crippen molar-refractivity contribution in [1.29, 1.82) is 0 Å². The van der Waals surface area contributed by atoms with Gasteiger partial charge >= 0.3 is 0 Å². The first-order valence-corrected chi connectivity index (χ1v) is 8.49. The zero-order valence-corrected chi connectivity index (χ0v) is 13.6. The molecule has 1 saturated heterocycles. The molecule has 2 heterocycles. The zero-order valence-electron chi connectivity index (χ0n) is 11.3. The van der Waals surface area contributed by atoms with Gasteiger partial charge in [-0.05, 0) is 36.1 Å². The van der Waals surface area contributed by atoms with Crippen molar-refractivity contribution in [3.63, 3.8) is 0 Å². The lowest BCUT2D eigenvalue weighted by atomic mass is 10.2. The van der Waals surface area contributed by atoms with Crippen LogP contribution in [0.1, 0.15) is 18.4 Å². The molecule has 0 radical (unpaired) electrons. The summed E-state index contributed by atoms with van der Waals surface area (Å²) in [5.41, 5.74) is 1.06. The Morgan fingerprint density at radius 3 is 2.57 bits per heavy atom. The SMILES string of the molecule is Clc1nc(SCc2ccccc2Cl)nc(N2CCCC2)n1. The Morgan fingerprint density at radius 2 is 1.81 bits per heavy atom. The van der Waals surface area contributed by atoms with Crippen molar-refractivity contribution >= 4 is 40.9 Å². The van der Waals surface area contributed by atoms with Gasteiger partial charge in [0.15, 0.2) is 5.16 Å². The van der Waals surface area contributed by atoms with Crippen LogP contribution in [0.4, 0.5) is 5.95 Å². The lowest BCUT2D eigenvalue weighted by Gasteiger charge is -2.15. The Bertz CT molecular complexity index is 632. The van der Waals surface area contributed by atoms with Crippen molar-refractivity contribution in [3.05, 3.63) is 40.1 Å². The van der Waals surface area contributed by atoms with E-state index in [0.717, 1.165) is 23.7 Å². The highest BCUT2D eigenvalue weighted by Crippen LogP contribution is 2.26. The van der Waals surface area contributed by atoms with E-state index in [1.807, 2.05) is 24.3 Å². The molecule has 0 spiro atoms. The lowest BCUT2D eigenvalue weighted by Crippen LogP contribution is -2.21. The Balaban J connectivity index is 1.74. The fourth-order valence-electron chi connectivity index (χ4n) is 2.20. The average Bonchev–Trinajstić information content (AvgIpc) is 3.00. The van der Waals surface area contributed by atoms with Gasteiger partial charge in [0.25, 0.3) is 0 Å². The molecule has 1 aliphatic heterocycles. The number of halogens is 2. The third-order valence-electron chi connectivity index (χ3n) is 3.28. The van der Waals surface area contributed by atoms with E-state index in [-0.39, 0.29) is 5.28 Å². The van der Waals surface area contributed by atoms with Crippen LogP contribution in [0, 0.1) is 0 Å². The van der Waals surface area contributed by atoms with Gasteiger partial charge < -0.3 is 4.90 Å². The summed E-state index contributed by atoms with van der Waals surface area (Å²) in [5.74, 6) is 1.38. The van der Waals surface area contributed by atoms with Crippen LogP contribution in [0.3, 0.4) is 0 Å². The molecule has 0 N–H and O–H groups in total. The summed E-state index contributed by atoms with van der Waals surface area (Å²) < 4.78 is 0. The molecule has 21 heavy (non-hydrogen) atoms. The lowest BCUT2D eigenvalue weighted by molar-refractivity contribution is 0.826. The maximum absolute atomic E-state index is 6.16. The molecule has 0 bridgehead atoms. The smallest absolute Gasteiger partial charge is 0.230 e. The summed E-state index contributed by atoms with van der Waals surface area (Å²) in [4.78, 5) is 15.0. The largest absolute Gasteiger partial charge is 0.341 e. The van der Waals surface area contributed by atoms with E-state index in [0.29, 0.717) is 16.9 Å². The highest BCUT2D eigenvalue weighted by molar-refractivity contribution is 7.98. The Kier molecular flexibility index (Phi) is 4.83. The first-order chi connectivity index (χ1) is 10.2. The van der Waals surface area contributed by atoms with Gasteiger partial charge in [-0.3, -0.25) is 0 Å². The van der Waals surface area contributed by atoms with E-state index in [4.69, 9.17) is 23.2 Å². The predicted octanol–water partition coefficient (Wildman–Crippen LogP) is 4.07. The molecule has 110 valence electrons. The van der Waals surface area contributed by atoms with E-state index in [1.165, 1.54) is 24.6 Å². The standard InChI is InChI=1S/C14H14Cl2N4S/c15-11-6-2-1-5-10(11)9-21-14-18-12(16)17-13(19-14)20-7-3-4-8-20/h1-2,5-6H,3-4,7-9H2. The molecular weight excluding hydrogens is 327 g/mol. The second kappa shape index (κ2) is 6.81. The van der Waals surface area contributed by atoms with Gasteiger partial charge in [0.1, 0.15) is 0 Å². The summed E-state index contributed by atoms with van der Waals surface area (Å²) >= 11 is 13.7. The second-order valence-electron chi connectivity index (χ2n) is 4.76. The van der Waals surface area contributed by atoms with Crippen LogP contribution >= 0.6 is 35.0 Å². The predicted molar refractivity (Wildman–Crippen MR) is 87.3 cm³/mol. The van der Waals surface area contributed by atoms with Gasteiger partial charge in [-0.1, -0.05) is 41.6 Å². The number of hydrogen-bond acceptors (Lipinski definition) is 5. The first-order valence-electron chi connectivity index (χ1n) is 6.75. The normalized spacial score (nSPS) is 14.7. The van der Waals surface area contributed by atoms with Crippen LogP contribution in [0.15, 0.2) is 29.4 Å². The van der Waals surface area contributed by atoms with Gasteiger partial charge in [0, 0.05) is 23.9 Å². The van der Waals surface area contributed by atoms with Crippen LogP contribution in [-0.2, 0) is 5.75 Å². The van der Waals surface area contributed by atoms with Gasteiger partial charge in [-0.2, -0.15) is 15.0 Å². The van der Waals surface area contributed by atoms with Crippen molar-refractivity contribution < 1.29 is 0 Å². The molecule has 1 aliphatic rings. The fourth-order valence-corrected chi connectivity index (χ4v) is 3.52. The van der Waals surface area contributed by atoms with E-state index >= 15 is 0 Å². The fraction of sp³-hybridized carbons (Fsp3) is 0.357. The minimum atomic E-state index is 0.244. The topological polar surface area (TPSA) is 41.9 Å². The molecule has 0 atom stereocenters. The van der Waals surface area contributed by atoms with Crippen molar-refractivity contribution in [2.75, 3.05) is 18.0 Å². The molecule has 1 fully saturated rings. The van der Waals surface area contributed by atoms with E-state index in [2.05, 4.69) is 19.9 Å².